The highest BCUT2D eigenvalue weighted by atomic mass is 19.1. The quantitative estimate of drug-likeness (QED) is 0.838. The van der Waals surface area contributed by atoms with Crippen LogP contribution >= 0.6 is 0 Å². The molecule has 15 heavy (non-hydrogen) atoms. The Balaban J connectivity index is 2.35. The lowest BCUT2D eigenvalue weighted by Gasteiger charge is -2.04. The number of halogens is 1. The average molecular weight is 206 g/mol. The third kappa shape index (κ3) is 1.98. The first-order chi connectivity index (χ1) is 7.31. The van der Waals surface area contributed by atoms with Crippen molar-refractivity contribution in [1.82, 2.24) is 9.97 Å². The van der Waals surface area contributed by atoms with Crippen LogP contribution in [0.5, 0.6) is 5.75 Å². The van der Waals surface area contributed by atoms with E-state index < -0.39 is 0 Å². The highest BCUT2D eigenvalue weighted by Crippen LogP contribution is 2.23. The maximum atomic E-state index is 13.6. The minimum Gasteiger partial charge on any atom is -0.494 e. The molecule has 1 N–H and O–H groups in total. The Morgan fingerprint density at radius 2 is 2.33 bits per heavy atom. The first-order valence-electron chi connectivity index (χ1n) is 4.73. The molecule has 1 heterocycles. The number of hydrogen-bond acceptors (Lipinski definition) is 2. The van der Waals surface area contributed by atoms with Gasteiger partial charge in [-0.05, 0) is 19.1 Å². The molecule has 3 nitrogen and oxygen atoms in total. The van der Waals surface area contributed by atoms with Crippen LogP contribution in [-0.2, 0) is 0 Å². The Morgan fingerprint density at radius 3 is 2.93 bits per heavy atom. The van der Waals surface area contributed by atoms with E-state index in [0.717, 1.165) is 0 Å². The number of nitrogens with zero attached hydrogens (tertiary/aromatic N) is 1. The summed E-state index contributed by atoms with van der Waals surface area (Å²) in [4.78, 5) is 6.84. The maximum absolute atomic E-state index is 13.6. The number of imidazole rings is 1. The molecule has 1 aromatic heterocycles. The van der Waals surface area contributed by atoms with Crippen molar-refractivity contribution >= 4 is 0 Å². The molecule has 0 fully saturated rings. The van der Waals surface area contributed by atoms with Crippen LogP contribution in [-0.4, -0.2) is 16.6 Å². The Bertz CT molecular complexity index is 440. The summed E-state index contributed by atoms with van der Waals surface area (Å²) >= 11 is 0. The van der Waals surface area contributed by atoms with E-state index in [4.69, 9.17) is 4.74 Å². The van der Waals surface area contributed by atoms with Crippen molar-refractivity contribution in [3.8, 4) is 17.1 Å². The molecular formula is C11H11FN2O. The van der Waals surface area contributed by atoms with Crippen molar-refractivity contribution in [2.45, 2.75) is 6.92 Å². The highest BCUT2D eigenvalue weighted by Gasteiger charge is 2.07. The molecule has 0 saturated carbocycles. The fraction of sp³-hybridized carbons (Fsp3) is 0.182. The van der Waals surface area contributed by atoms with Gasteiger partial charge in [0.1, 0.15) is 17.4 Å². The monoisotopic (exact) mass is 206 g/mol. The number of benzene rings is 1. The molecule has 0 unspecified atom stereocenters. The van der Waals surface area contributed by atoms with Gasteiger partial charge in [-0.15, -0.1) is 0 Å². The van der Waals surface area contributed by atoms with E-state index in [2.05, 4.69) is 9.97 Å². The van der Waals surface area contributed by atoms with Crippen molar-refractivity contribution in [3.05, 3.63) is 36.4 Å². The van der Waals surface area contributed by atoms with E-state index in [1.807, 2.05) is 6.92 Å². The zero-order valence-corrected chi connectivity index (χ0v) is 8.33. The highest BCUT2D eigenvalue weighted by molar-refractivity contribution is 5.57. The summed E-state index contributed by atoms with van der Waals surface area (Å²) in [6, 6.07) is 4.74. The van der Waals surface area contributed by atoms with Crippen LogP contribution in [0.15, 0.2) is 30.6 Å². The lowest BCUT2D eigenvalue weighted by Crippen LogP contribution is -1.93. The van der Waals surface area contributed by atoms with Gasteiger partial charge in [0, 0.05) is 18.5 Å². The lowest BCUT2D eigenvalue weighted by atomic mass is 10.2. The summed E-state index contributed by atoms with van der Waals surface area (Å²) in [6.07, 6.45) is 3.25. The van der Waals surface area contributed by atoms with Crippen molar-refractivity contribution in [1.29, 1.82) is 0 Å². The molecule has 0 atom stereocenters. The van der Waals surface area contributed by atoms with Crippen LogP contribution in [0.2, 0.25) is 0 Å². The Morgan fingerprint density at radius 1 is 1.47 bits per heavy atom. The van der Waals surface area contributed by atoms with Crippen LogP contribution in [0.1, 0.15) is 6.92 Å². The number of rotatable bonds is 3. The van der Waals surface area contributed by atoms with E-state index in [9.17, 15) is 4.39 Å². The fourth-order valence-electron chi connectivity index (χ4n) is 1.36. The van der Waals surface area contributed by atoms with Gasteiger partial charge in [-0.3, -0.25) is 0 Å². The van der Waals surface area contributed by atoms with Crippen LogP contribution in [0.4, 0.5) is 4.39 Å². The van der Waals surface area contributed by atoms with Crippen molar-refractivity contribution in [2.24, 2.45) is 0 Å². The number of H-pyrrole nitrogens is 1. The number of hydrogen-bond donors (Lipinski definition) is 1. The van der Waals surface area contributed by atoms with Crippen LogP contribution in [0, 0.1) is 5.82 Å². The molecule has 0 aliphatic rings. The van der Waals surface area contributed by atoms with Gasteiger partial charge in [-0.1, -0.05) is 0 Å². The van der Waals surface area contributed by atoms with Gasteiger partial charge in [0.15, 0.2) is 0 Å². The standard InChI is InChI=1S/C11H11FN2O/c1-2-15-8-3-4-9(10(12)7-8)11-13-5-6-14-11/h3-7H,2H2,1H3,(H,13,14). The molecule has 2 aromatic rings. The maximum Gasteiger partial charge on any atom is 0.140 e. The summed E-state index contributed by atoms with van der Waals surface area (Å²) in [7, 11) is 0. The van der Waals surface area contributed by atoms with Gasteiger partial charge >= 0.3 is 0 Å². The zero-order valence-electron chi connectivity index (χ0n) is 8.33. The number of ether oxygens (including phenoxy) is 1. The smallest absolute Gasteiger partial charge is 0.140 e. The van der Waals surface area contributed by atoms with Gasteiger partial charge in [0.05, 0.1) is 12.2 Å². The second-order valence-corrected chi connectivity index (χ2v) is 3.01. The summed E-state index contributed by atoms with van der Waals surface area (Å²) in [5, 5.41) is 0. The molecule has 0 spiro atoms. The molecule has 0 bridgehead atoms. The first-order valence-corrected chi connectivity index (χ1v) is 4.73. The van der Waals surface area contributed by atoms with Gasteiger partial charge in [-0.25, -0.2) is 9.37 Å². The van der Waals surface area contributed by atoms with Crippen LogP contribution in [0.3, 0.4) is 0 Å². The summed E-state index contributed by atoms with van der Waals surface area (Å²) in [5.74, 6) is 0.719. The lowest BCUT2D eigenvalue weighted by molar-refractivity contribution is 0.338. The predicted molar refractivity (Wildman–Crippen MR) is 55.2 cm³/mol. The van der Waals surface area contributed by atoms with E-state index >= 15 is 0 Å². The summed E-state index contributed by atoms with van der Waals surface area (Å²) < 4.78 is 18.8. The second-order valence-electron chi connectivity index (χ2n) is 3.01. The van der Waals surface area contributed by atoms with Gasteiger partial charge in [0.2, 0.25) is 0 Å². The largest absolute Gasteiger partial charge is 0.494 e. The van der Waals surface area contributed by atoms with E-state index in [0.29, 0.717) is 23.7 Å². The molecule has 0 radical (unpaired) electrons. The normalized spacial score (nSPS) is 10.3. The molecule has 0 aliphatic carbocycles. The molecule has 78 valence electrons. The first kappa shape index (κ1) is 9.71. The van der Waals surface area contributed by atoms with E-state index in [1.54, 1.807) is 24.5 Å². The average Bonchev–Trinajstić information content (AvgIpc) is 2.71. The predicted octanol–water partition coefficient (Wildman–Crippen LogP) is 2.61. The van der Waals surface area contributed by atoms with Gasteiger partial charge in [0.25, 0.3) is 0 Å². The zero-order chi connectivity index (χ0) is 10.7. The molecule has 1 aromatic carbocycles. The molecule has 0 amide bonds. The molecule has 4 heteroatoms. The summed E-state index contributed by atoms with van der Waals surface area (Å²) in [5.41, 5.74) is 0.448. The second kappa shape index (κ2) is 4.13. The Kier molecular flexibility index (Phi) is 2.67. The SMILES string of the molecule is CCOc1ccc(-c2ncc[nH]2)c(F)c1. The Hall–Kier alpha value is -1.84. The van der Waals surface area contributed by atoms with Gasteiger partial charge in [-0.2, -0.15) is 0 Å². The molecule has 0 aliphatic heterocycles. The van der Waals surface area contributed by atoms with Crippen LogP contribution in [0.25, 0.3) is 11.4 Å². The number of aromatic nitrogens is 2. The minimum absolute atomic E-state index is 0.337. The van der Waals surface area contributed by atoms with Gasteiger partial charge < -0.3 is 9.72 Å². The Labute approximate surface area is 86.9 Å². The van der Waals surface area contributed by atoms with Crippen molar-refractivity contribution in [3.63, 3.8) is 0 Å². The van der Waals surface area contributed by atoms with E-state index in [1.165, 1.54) is 6.07 Å². The van der Waals surface area contributed by atoms with Crippen molar-refractivity contribution in [2.75, 3.05) is 6.61 Å². The summed E-state index contributed by atoms with van der Waals surface area (Å²) in [6.45, 7) is 2.39. The number of aromatic amines is 1. The molecule has 2 rings (SSSR count). The van der Waals surface area contributed by atoms with Crippen molar-refractivity contribution < 1.29 is 9.13 Å². The van der Waals surface area contributed by atoms with E-state index in [-0.39, 0.29) is 5.82 Å². The number of nitrogens with one attached hydrogen (secondary N) is 1. The third-order valence-corrected chi connectivity index (χ3v) is 2.00. The minimum atomic E-state index is -0.337. The third-order valence-electron chi connectivity index (χ3n) is 2.00. The fourth-order valence-corrected chi connectivity index (χ4v) is 1.36. The topological polar surface area (TPSA) is 37.9 Å². The molecular weight excluding hydrogens is 195 g/mol. The molecule has 0 saturated heterocycles. The van der Waals surface area contributed by atoms with Crippen LogP contribution < -0.4 is 4.74 Å².